The zero-order chi connectivity index (χ0) is 14.1. The van der Waals surface area contributed by atoms with Crippen molar-refractivity contribution in [3.05, 3.63) is 65.1 Å². The number of pyridine rings is 2. The van der Waals surface area contributed by atoms with Crippen LogP contribution in [0.15, 0.2) is 48.9 Å². The predicted octanol–water partition coefficient (Wildman–Crippen LogP) is 2.95. The van der Waals surface area contributed by atoms with Crippen LogP contribution in [0.1, 0.15) is 17.2 Å². The third-order valence-corrected chi connectivity index (χ3v) is 3.41. The van der Waals surface area contributed by atoms with Crippen LogP contribution in [0, 0.1) is 0 Å². The van der Waals surface area contributed by atoms with E-state index in [1.54, 1.807) is 18.5 Å². The van der Waals surface area contributed by atoms with Crippen LogP contribution >= 0.6 is 11.6 Å². The molecule has 4 nitrogen and oxygen atoms in total. The van der Waals surface area contributed by atoms with Crippen LogP contribution in [0.4, 0.5) is 5.82 Å². The zero-order valence-electron chi connectivity index (χ0n) is 10.5. The molecule has 0 aliphatic carbocycles. The van der Waals surface area contributed by atoms with Gasteiger partial charge in [0.05, 0.1) is 5.02 Å². The maximum Gasteiger partial charge on any atom is 0.129 e. The first-order valence-electron chi connectivity index (χ1n) is 6.08. The molecule has 0 radical (unpaired) electrons. The minimum atomic E-state index is -0.917. The van der Waals surface area contributed by atoms with Gasteiger partial charge in [-0.2, -0.15) is 0 Å². The molecule has 0 aliphatic rings. The van der Waals surface area contributed by atoms with Crippen LogP contribution in [0.2, 0.25) is 5.02 Å². The average molecular weight is 286 g/mol. The number of aliphatic hydroxyl groups is 1. The predicted molar refractivity (Wildman–Crippen MR) is 79.5 cm³/mol. The Labute approximate surface area is 120 Å². The molecule has 3 rings (SSSR count). The van der Waals surface area contributed by atoms with Crippen molar-refractivity contribution in [2.45, 2.75) is 6.10 Å². The van der Waals surface area contributed by atoms with E-state index in [0.717, 1.165) is 10.8 Å². The van der Waals surface area contributed by atoms with Gasteiger partial charge in [-0.15, -0.1) is 0 Å². The van der Waals surface area contributed by atoms with Gasteiger partial charge >= 0.3 is 0 Å². The van der Waals surface area contributed by atoms with E-state index in [4.69, 9.17) is 17.3 Å². The quantitative estimate of drug-likeness (QED) is 0.759. The Hall–Kier alpha value is -2.17. The number of hydrogen-bond donors (Lipinski definition) is 2. The fourth-order valence-corrected chi connectivity index (χ4v) is 2.38. The fourth-order valence-electron chi connectivity index (χ4n) is 2.21. The lowest BCUT2D eigenvalue weighted by atomic mass is 9.98. The molecule has 3 aromatic rings. The molecule has 2 heterocycles. The molecular formula is C15H12ClN3O. The molecule has 1 aromatic carbocycles. The van der Waals surface area contributed by atoms with Crippen LogP contribution in [0.25, 0.3) is 10.8 Å². The molecule has 100 valence electrons. The molecule has 0 fully saturated rings. The normalized spacial score (nSPS) is 12.5. The molecule has 3 N–H and O–H groups in total. The van der Waals surface area contributed by atoms with Crippen LogP contribution in [0.3, 0.4) is 0 Å². The first kappa shape index (κ1) is 12.8. The van der Waals surface area contributed by atoms with Crippen molar-refractivity contribution in [2.24, 2.45) is 0 Å². The number of halogens is 1. The highest BCUT2D eigenvalue weighted by Gasteiger charge is 2.17. The summed E-state index contributed by atoms with van der Waals surface area (Å²) < 4.78 is 0. The Morgan fingerprint density at radius 3 is 2.75 bits per heavy atom. The molecule has 0 saturated heterocycles. The van der Waals surface area contributed by atoms with Crippen molar-refractivity contribution < 1.29 is 5.11 Å². The Kier molecular flexibility index (Phi) is 3.26. The maximum absolute atomic E-state index is 10.6. The van der Waals surface area contributed by atoms with Crippen LogP contribution in [-0.4, -0.2) is 15.1 Å². The van der Waals surface area contributed by atoms with E-state index in [-0.39, 0.29) is 5.82 Å². The van der Waals surface area contributed by atoms with Crippen LogP contribution in [-0.2, 0) is 0 Å². The number of nitrogens with two attached hydrogens (primary N) is 1. The standard InChI is InChI=1S/C15H12ClN3O/c16-10-5-12(15(17)19-7-10)14(20)13-8-18-6-9-3-1-2-4-11(9)13/h1-8,14,20H,(H2,17,19). The van der Waals surface area contributed by atoms with Gasteiger partial charge in [-0.05, 0) is 11.5 Å². The lowest BCUT2D eigenvalue weighted by Crippen LogP contribution is -2.06. The number of anilines is 1. The van der Waals surface area contributed by atoms with Crippen molar-refractivity contribution in [1.29, 1.82) is 0 Å². The van der Waals surface area contributed by atoms with E-state index >= 15 is 0 Å². The highest BCUT2D eigenvalue weighted by Crippen LogP contribution is 2.31. The number of nitrogens with zero attached hydrogens (tertiary/aromatic N) is 2. The lowest BCUT2D eigenvalue weighted by molar-refractivity contribution is 0.222. The largest absolute Gasteiger partial charge is 0.383 e. The van der Waals surface area contributed by atoms with E-state index in [1.807, 2.05) is 24.3 Å². The molecule has 20 heavy (non-hydrogen) atoms. The Bertz CT molecular complexity index is 771. The monoisotopic (exact) mass is 285 g/mol. The molecule has 5 heteroatoms. The number of nitrogen functional groups attached to an aromatic ring is 1. The molecule has 0 spiro atoms. The maximum atomic E-state index is 10.6. The molecule has 1 atom stereocenters. The van der Waals surface area contributed by atoms with E-state index in [0.29, 0.717) is 16.1 Å². The summed E-state index contributed by atoms with van der Waals surface area (Å²) in [7, 11) is 0. The summed E-state index contributed by atoms with van der Waals surface area (Å²) in [6.45, 7) is 0. The topological polar surface area (TPSA) is 72.0 Å². The van der Waals surface area contributed by atoms with Gasteiger partial charge in [-0.25, -0.2) is 4.98 Å². The molecule has 0 amide bonds. The fraction of sp³-hybridized carbons (Fsp3) is 0.0667. The Morgan fingerprint density at radius 1 is 1.10 bits per heavy atom. The number of fused-ring (bicyclic) bond motifs is 1. The highest BCUT2D eigenvalue weighted by atomic mass is 35.5. The van der Waals surface area contributed by atoms with Crippen LogP contribution < -0.4 is 5.73 Å². The number of rotatable bonds is 2. The Balaban J connectivity index is 2.17. The first-order valence-corrected chi connectivity index (χ1v) is 6.46. The Morgan fingerprint density at radius 2 is 1.90 bits per heavy atom. The molecule has 0 aliphatic heterocycles. The summed E-state index contributed by atoms with van der Waals surface area (Å²) in [5.74, 6) is 0.259. The summed E-state index contributed by atoms with van der Waals surface area (Å²) >= 11 is 5.92. The second-order valence-corrected chi connectivity index (χ2v) is 4.92. The zero-order valence-corrected chi connectivity index (χ0v) is 11.2. The number of benzene rings is 1. The number of aliphatic hydroxyl groups excluding tert-OH is 1. The van der Waals surface area contributed by atoms with E-state index in [9.17, 15) is 5.11 Å². The van der Waals surface area contributed by atoms with E-state index < -0.39 is 6.10 Å². The summed E-state index contributed by atoms with van der Waals surface area (Å²) in [4.78, 5) is 8.13. The van der Waals surface area contributed by atoms with Crippen molar-refractivity contribution in [3.63, 3.8) is 0 Å². The number of aromatic nitrogens is 2. The van der Waals surface area contributed by atoms with E-state index in [1.165, 1.54) is 6.20 Å². The third kappa shape index (κ3) is 2.19. The summed E-state index contributed by atoms with van der Waals surface area (Å²) in [5, 5.41) is 12.9. The summed E-state index contributed by atoms with van der Waals surface area (Å²) in [6, 6.07) is 9.34. The summed E-state index contributed by atoms with van der Waals surface area (Å²) in [5.41, 5.74) is 6.98. The van der Waals surface area contributed by atoms with Crippen molar-refractivity contribution in [2.75, 3.05) is 5.73 Å². The van der Waals surface area contributed by atoms with Gasteiger partial charge < -0.3 is 10.8 Å². The van der Waals surface area contributed by atoms with Crippen molar-refractivity contribution in [3.8, 4) is 0 Å². The average Bonchev–Trinajstić information content (AvgIpc) is 2.48. The van der Waals surface area contributed by atoms with Gasteiger partial charge in [0, 0.05) is 35.1 Å². The second kappa shape index (κ2) is 5.07. The lowest BCUT2D eigenvalue weighted by Gasteiger charge is -2.15. The second-order valence-electron chi connectivity index (χ2n) is 4.48. The van der Waals surface area contributed by atoms with Crippen LogP contribution in [0.5, 0.6) is 0 Å². The third-order valence-electron chi connectivity index (χ3n) is 3.20. The minimum absolute atomic E-state index is 0.259. The van der Waals surface area contributed by atoms with Gasteiger partial charge in [0.15, 0.2) is 0 Å². The molecule has 2 aromatic heterocycles. The SMILES string of the molecule is Nc1ncc(Cl)cc1C(O)c1cncc2ccccc12. The van der Waals surface area contributed by atoms with Gasteiger partial charge in [-0.3, -0.25) is 4.98 Å². The first-order chi connectivity index (χ1) is 9.66. The number of hydrogen-bond acceptors (Lipinski definition) is 4. The molecular weight excluding hydrogens is 274 g/mol. The van der Waals surface area contributed by atoms with Gasteiger partial charge in [0.2, 0.25) is 0 Å². The summed E-state index contributed by atoms with van der Waals surface area (Å²) in [6.07, 6.45) is 3.92. The van der Waals surface area contributed by atoms with Gasteiger partial charge in [0.25, 0.3) is 0 Å². The van der Waals surface area contributed by atoms with Gasteiger partial charge in [-0.1, -0.05) is 35.9 Å². The molecule has 0 saturated carbocycles. The van der Waals surface area contributed by atoms with Gasteiger partial charge in [0.1, 0.15) is 11.9 Å². The minimum Gasteiger partial charge on any atom is -0.383 e. The molecule has 1 unspecified atom stereocenters. The highest BCUT2D eigenvalue weighted by molar-refractivity contribution is 6.30. The van der Waals surface area contributed by atoms with Crippen molar-refractivity contribution >= 4 is 28.2 Å². The van der Waals surface area contributed by atoms with Crippen molar-refractivity contribution in [1.82, 2.24) is 9.97 Å². The van der Waals surface area contributed by atoms with E-state index in [2.05, 4.69) is 9.97 Å². The smallest absolute Gasteiger partial charge is 0.129 e. The molecule has 0 bridgehead atoms.